The molecule has 0 saturated heterocycles. The summed E-state index contributed by atoms with van der Waals surface area (Å²) in [6.07, 6.45) is -0.596. The number of amides is 1. The van der Waals surface area contributed by atoms with Gasteiger partial charge < -0.3 is 20.1 Å². The summed E-state index contributed by atoms with van der Waals surface area (Å²) in [5, 5.41) is 6.17. The summed E-state index contributed by atoms with van der Waals surface area (Å²) in [5.74, 6) is -0.147. The number of ether oxygens (including phenoxy) is 2. The van der Waals surface area contributed by atoms with E-state index in [9.17, 15) is 4.79 Å². The van der Waals surface area contributed by atoms with Crippen LogP contribution < -0.4 is 10.6 Å². The van der Waals surface area contributed by atoms with Gasteiger partial charge in [0.1, 0.15) is 0 Å². The molecule has 0 aliphatic carbocycles. The van der Waals surface area contributed by atoms with Gasteiger partial charge in [0.15, 0.2) is 6.10 Å². The third kappa shape index (κ3) is 5.37. The Bertz CT molecular complexity index is 614. The lowest BCUT2D eigenvalue weighted by Gasteiger charge is -2.15. The quantitative estimate of drug-likeness (QED) is 0.695. The van der Waals surface area contributed by atoms with Crippen molar-refractivity contribution in [2.45, 2.75) is 12.6 Å². The van der Waals surface area contributed by atoms with Crippen LogP contribution in [0.5, 0.6) is 0 Å². The highest BCUT2D eigenvalue weighted by Crippen LogP contribution is 2.16. The molecular formula is C19H24N2O3. The summed E-state index contributed by atoms with van der Waals surface area (Å²) in [4.78, 5) is 12.3. The Hall–Kier alpha value is -2.37. The van der Waals surface area contributed by atoms with Gasteiger partial charge in [-0.05, 0) is 23.3 Å². The third-order valence-corrected chi connectivity index (χ3v) is 3.63. The summed E-state index contributed by atoms with van der Waals surface area (Å²) >= 11 is 0. The van der Waals surface area contributed by atoms with Gasteiger partial charge >= 0.3 is 0 Å². The van der Waals surface area contributed by atoms with Crippen molar-refractivity contribution in [3.63, 3.8) is 0 Å². The average Bonchev–Trinajstić information content (AvgIpc) is 2.63. The Balaban J connectivity index is 1.86. The molecule has 128 valence electrons. The van der Waals surface area contributed by atoms with Crippen molar-refractivity contribution in [3.05, 3.63) is 65.7 Å². The van der Waals surface area contributed by atoms with Gasteiger partial charge in [-0.15, -0.1) is 0 Å². The molecule has 0 spiro atoms. The fourth-order valence-electron chi connectivity index (χ4n) is 2.34. The summed E-state index contributed by atoms with van der Waals surface area (Å²) in [6.45, 7) is 1.89. The molecule has 0 radical (unpaired) electrons. The van der Waals surface area contributed by atoms with Gasteiger partial charge in [0.05, 0.1) is 6.61 Å². The van der Waals surface area contributed by atoms with E-state index in [0.29, 0.717) is 13.2 Å². The second-order valence-corrected chi connectivity index (χ2v) is 5.36. The third-order valence-electron chi connectivity index (χ3n) is 3.63. The van der Waals surface area contributed by atoms with E-state index in [2.05, 4.69) is 10.6 Å². The molecular weight excluding hydrogens is 304 g/mol. The first kappa shape index (κ1) is 18.0. The van der Waals surface area contributed by atoms with E-state index in [1.54, 1.807) is 7.11 Å². The summed E-state index contributed by atoms with van der Waals surface area (Å²) in [5.41, 5.74) is 2.90. The maximum Gasteiger partial charge on any atom is 0.254 e. The molecule has 2 aromatic carbocycles. The predicted octanol–water partition coefficient (Wildman–Crippen LogP) is 2.75. The van der Waals surface area contributed by atoms with Gasteiger partial charge in [-0.2, -0.15) is 0 Å². The smallest absolute Gasteiger partial charge is 0.254 e. The van der Waals surface area contributed by atoms with Gasteiger partial charge in [-0.25, -0.2) is 0 Å². The van der Waals surface area contributed by atoms with E-state index < -0.39 is 6.10 Å². The molecule has 0 aliphatic heterocycles. The molecule has 0 aromatic heterocycles. The molecule has 1 atom stereocenters. The standard InChI is InChI=1S/C19H24N2O3/c1-23-13-12-20-17-10-8-15(9-11-17)14-21-19(22)18(24-2)16-6-4-3-5-7-16/h3-11,18,20H,12-14H2,1-2H3,(H,21,22)/t18-/m1/s1. The summed E-state index contributed by atoms with van der Waals surface area (Å²) in [7, 11) is 3.22. The second kappa shape index (κ2) is 9.70. The van der Waals surface area contributed by atoms with Gasteiger partial charge in [0, 0.05) is 33.0 Å². The molecule has 0 saturated carbocycles. The van der Waals surface area contributed by atoms with Crippen LogP contribution in [0.3, 0.4) is 0 Å². The van der Waals surface area contributed by atoms with E-state index in [-0.39, 0.29) is 5.91 Å². The van der Waals surface area contributed by atoms with E-state index in [0.717, 1.165) is 23.4 Å². The predicted molar refractivity (Wildman–Crippen MR) is 94.8 cm³/mol. The van der Waals surface area contributed by atoms with Gasteiger partial charge in [-0.1, -0.05) is 42.5 Å². The second-order valence-electron chi connectivity index (χ2n) is 5.36. The molecule has 0 fully saturated rings. The van der Waals surface area contributed by atoms with E-state index in [1.807, 2.05) is 54.6 Å². The van der Waals surface area contributed by atoms with Gasteiger partial charge in [-0.3, -0.25) is 4.79 Å². The van der Waals surface area contributed by atoms with Crippen molar-refractivity contribution >= 4 is 11.6 Å². The maximum atomic E-state index is 12.3. The number of hydrogen-bond donors (Lipinski definition) is 2. The van der Waals surface area contributed by atoms with Crippen LogP contribution in [-0.2, 0) is 20.8 Å². The molecule has 0 bridgehead atoms. The normalized spacial score (nSPS) is 11.8. The Labute approximate surface area is 143 Å². The lowest BCUT2D eigenvalue weighted by Crippen LogP contribution is -2.29. The van der Waals surface area contributed by atoms with Crippen LogP contribution in [0.15, 0.2) is 54.6 Å². The number of carbonyl (C=O) groups is 1. The zero-order valence-corrected chi connectivity index (χ0v) is 14.1. The first-order valence-electron chi connectivity index (χ1n) is 7.92. The van der Waals surface area contributed by atoms with Crippen LogP contribution in [-0.4, -0.2) is 33.3 Å². The van der Waals surface area contributed by atoms with Crippen LogP contribution in [0.4, 0.5) is 5.69 Å². The van der Waals surface area contributed by atoms with E-state index in [1.165, 1.54) is 7.11 Å². The highest BCUT2D eigenvalue weighted by molar-refractivity contribution is 5.82. The molecule has 2 rings (SSSR count). The van der Waals surface area contributed by atoms with Crippen molar-refractivity contribution in [2.24, 2.45) is 0 Å². The summed E-state index contributed by atoms with van der Waals surface area (Å²) in [6, 6.07) is 17.4. The lowest BCUT2D eigenvalue weighted by molar-refractivity contribution is -0.131. The molecule has 5 nitrogen and oxygen atoms in total. The topological polar surface area (TPSA) is 59.6 Å². The first-order chi connectivity index (χ1) is 11.7. The number of hydrogen-bond acceptors (Lipinski definition) is 4. The largest absolute Gasteiger partial charge is 0.383 e. The van der Waals surface area contributed by atoms with Crippen LogP contribution in [0.2, 0.25) is 0 Å². The minimum Gasteiger partial charge on any atom is -0.383 e. The Morgan fingerprint density at radius 2 is 1.75 bits per heavy atom. The van der Waals surface area contributed by atoms with Crippen molar-refractivity contribution in [1.82, 2.24) is 5.32 Å². The lowest BCUT2D eigenvalue weighted by atomic mass is 10.1. The van der Waals surface area contributed by atoms with Crippen LogP contribution in [0, 0.1) is 0 Å². The van der Waals surface area contributed by atoms with Crippen LogP contribution in [0.1, 0.15) is 17.2 Å². The molecule has 0 heterocycles. The molecule has 2 N–H and O–H groups in total. The van der Waals surface area contributed by atoms with Gasteiger partial charge in [0.25, 0.3) is 5.91 Å². The Morgan fingerprint density at radius 3 is 2.38 bits per heavy atom. The minimum absolute atomic E-state index is 0.147. The number of carbonyl (C=O) groups excluding carboxylic acids is 1. The average molecular weight is 328 g/mol. The zero-order valence-electron chi connectivity index (χ0n) is 14.1. The number of methoxy groups -OCH3 is 2. The van der Waals surface area contributed by atoms with Crippen molar-refractivity contribution in [2.75, 3.05) is 32.7 Å². The van der Waals surface area contributed by atoms with Crippen molar-refractivity contribution in [1.29, 1.82) is 0 Å². The Morgan fingerprint density at radius 1 is 1.04 bits per heavy atom. The number of nitrogens with one attached hydrogen (secondary N) is 2. The first-order valence-corrected chi connectivity index (χ1v) is 7.92. The van der Waals surface area contributed by atoms with Gasteiger partial charge in [0.2, 0.25) is 0 Å². The SMILES string of the molecule is COCCNc1ccc(CNC(=O)[C@H](OC)c2ccccc2)cc1. The van der Waals surface area contributed by atoms with E-state index in [4.69, 9.17) is 9.47 Å². The zero-order chi connectivity index (χ0) is 17.2. The fourth-order valence-corrected chi connectivity index (χ4v) is 2.34. The Kier molecular flexibility index (Phi) is 7.26. The molecule has 0 unspecified atom stereocenters. The minimum atomic E-state index is -0.596. The molecule has 5 heteroatoms. The van der Waals surface area contributed by atoms with E-state index >= 15 is 0 Å². The molecule has 0 aliphatic rings. The van der Waals surface area contributed by atoms with Crippen molar-refractivity contribution in [3.8, 4) is 0 Å². The monoisotopic (exact) mass is 328 g/mol. The molecule has 2 aromatic rings. The fraction of sp³-hybridized carbons (Fsp3) is 0.316. The number of anilines is 1. The molecule has 1 amide bonds. The van der Waals surface area contributed by atoms with Crippen molar-refractivity contribution < 1.29 is 14.3 Å². The highest BCUT2D eigenvalue weighted by Gasteiger charge is 2.19. The number of rotatable bonds is 9. The maximum absolute atomic E-state index is 12.3. The van der Waals surface area contributed by atoms with Crippen LogP contribution in [0.25, 0.3) is 0 Å². The summed E-state index contributed by atoms with van der Waals surface area (Å²) < 4.78 is 10.3. The molecule has 24 heavy (non-hydrogen) atoms. The highest BCUT2D eigenvalue weighted by atomic mass is 16.5. The van der Waals surface area contributed by atoms with Crippen LogP contribution >= 0.6 is 0 Å². The number of benzene rings is 2.